The lowest BCUT2D eigenvalue weighted by molar-refractivity contribution is -0.156. The van der Waals surface area contributed by atoms with Crippen LogP contribution in [0.25, 0.3) is 0 Å². The summed E-state index contributed by atoms with van der Waals surface area (Å²) in [5.74, 6) is -1.49. The molecule has 8 nitrogen and oxygen atoms in total. The number of hydrogen-bond donors (Lipinski definition) is 0. The van der Waals surface area contributed by atoms with Crippen LogP contribution in [0, 0.1) is 11.8 Å². The molecular formula is C33H59NO7. The number of carbonyl (C=O) groups excluding carboxylic acids is 4. The summed E-state index contributed by atoms with van der Waals surface area (Å²) < 4.78 is 16.7. The zero-order valence-electron chi connectivity index (χ0n) is 26.6. The Labute approximate surface area is 249 Å². The van der Waals surface area contributed by atoms with Gasteiger partial charge in [-0.05, 0) is 19.3 Å². The van der Waals surface area contributed by atoms with Gasteiger partial charge in [0, 0.05) is 31.2 Å². The van der Waals surface area contributed by atoms with Crippen molar-refractivity contribution in [3.05, 3.63) is 0 Å². The number of unbranched alkanes of at least 4 members (excludes halogenated alkanes) is 11. The van der Waals surface area contributed by atoms with Gasteiger partial charge in [0.2, 0.25) is 5.91 Å². The van der Waals surface area contributed by atoms with E-state index in [1.54, 1.807) is 4.90 Å². The van der Waals surface area contributed by atoms with Crippen molar-refractivity contribution in [1.29, 1.82) is 0 Å². The molecule has 0 radical (unpaired) electrons. The van der Waals surface area contributed by atoms with Crippen LogP contribution in [0.1, 0.15) is 143 Å². The Morgan fingerprint density at radius 1 is 0.659 bits per heavy atom. The Morgan fingerprint density at radius 3 is 1.90 bits per heavy atom. The minimum absolute atomic E-state index is 0.00290. The number of likely N-dealkylation sites (tertiary alicyclic amines) is 1. The first-order valence-electron chi connectivity index (χ1n) is 16.6. The molecule has 1 heterocycles. The van der Waals surface area contributed by atoms with Crippen LogP contribution in [-0.4, -0.2) is 61.1 Å². The summed E-state index contributed by atoms with van der Waals surface area (Å²) in [5.41, 5.74) is 0. The molecule has 1 saturated heterocycles. The van der Waals surface area contributed by atoms with E-state index in [-0.39, 0.29) is 49.3 Å². The molecule has 0 spiro atoms. The van der Waals surface area contributed by atoms with E-state index in [1.807, 2.05) is 6.92 Å². The fourth-order valence-electron chi connectivity index (χ4n) is 5.12. The molecule has 0 aromatic rings. The molecule has 0 bridgehead atoms. The van der Waals surface area contributed by atoms with Gasteiger partial charge in [0.25, 0.3) is 0 Å². The van der Waals surface area contributed by atoms with Crippen molar-refractivity contribution in [3.63, 3.8) is 0 Å². The van der Waals surface area contributed by atoms with Crippen molar-refractivity contribution in [3.8, 4) is 0 Å². The molecule has 3 atom stereocenters. The van der Waals surface area contributed by atoms with Gasteiger partial charge in [-0.25, -0.2) is 0 Å². The van der Waals surface area contributed by atoms with Crippen LogP contribution in [0.15, 0.2) is 0 Å². The van der Waals surface area contributed by atoms with Gasteiger partial charge >= 0.3 is 17.9 Å². The van der Waals surface area contributed by atoms with E-state index in [0.29, 0.717) is 32.5 Å². The van der Waals surface area contributed by atoms with E-state index in [0.717, 1.165) is 51.4 Å². The monoisotopic (exact) mass is 581 g/mol. The lowest BCUT2D eigenvalue weighted by Crippen LogP contribution is -2.31. The zero-order chi connectivity index (χ0) is 30.3. The summed E-state index contributed by atoms with van der Waals surface area (Å²) >= 11 is 0. The minimum Gasteiger partial charge on any atom is -0.466 e. The second kappa shape index (κ2) is 23.4. The Hall–Kier alpha value is -2.12. The molecule has 1 aliphatic heterocycles. The van der Waals surface area contributed by atoms with E-state index in [9.17, 15) is 19.2 Å². The van der Waals surface area contributed by atoms with Crippen molar-refractivity contribution in [2.45, 2.75) is 149 Å². The third-order valence-electron chi connectivity index (χ3n) is 7.81. The topological polar surface area (TPSA) is 99.2 Å². The molecular weight excluding hydrogens is 522 g/mol. The Morgan fingerprint density at radius 2 is 1.24 bits per heavy atom. The van der Waals surface area contributed by atoms with Crippen LogP contribution in [0.3, 0.4) is 0 Å². The number of rotatable bonds is 24. The number of esters is 3. The standard InChI is InChI=1S/C33H59NO7/c1-5-8-11-13-15-17-20-31(36)40-26-28(22-32(37)39-21-18-16-14-12-9-6-2)23-33(38)41-29-25-34(24-27(29)4)30(35)19-10-7-3/h27-29H,5-26H2,1-4H3. The highest BCUT2D eigenvalue weighted by Crippen LogP contribution is 2.23. The molecule has 0 N–H and O–H groups in total. The molecule has 41 heavy (non-hydrogen) atoms. The summed E-state index contributed by atoms with van der Waals surface area (Å²) in [6.07, 6.45) is 15.3. The second-order valence-corrected chi connectivity index (χ2v) is 11.9. The van der Waals surface area contributed by atoms with E-state index in [1.165, 1.54) is 38.5 Å². The lowest BCUT2D eigenvalue weighted by atomic mass is 10.0. The molecule has 3 unspecified atom stereocenters. The first kappa shape index (κ1) is 36.9. The van der Waals surface area contributed by atoms with Crippen LogP contribution in [0.4, 0.5) is 0 Å². The summed E-state index contributed by atoms with van der Waals surface area (Å²) in [5, 5.41) is 0. The lowest BCUT2D eigenvalue weighted by Gasteiger charge is -2.20. The molecule has 8 heteroatoms. The quantitative estimate of drug-likeness (QED) is 0.0677. The first-order valence-corrected chi connectivity index (χ1v) is 16.6. The maximum Gasteiger partial charge on any atom is 0.306 e. The molecule has 0 aliphatic carbocycles. The van der Waals surface area contributed by atoms with E-state index < -0.39 is 11.9 Å². The van der Waals surface area contributed by atoms with Crippen molar-refractivity contribution in [2.24, 2.45) is 11.8 Å². The van der Waals surface area contributed by atoms with Crippen LogP contribution < -0.4 is 0 Å². The number of ether oxygens (including phenoxy) is 3. The summed E-state index contributed by atoms with van der Waals surface area (Å²) in [6, 6.07) is 0. The second-order valence-electron chi connectivity index (χ2n) is 11.9. The largest absolute Gasteiger partial charge is 0.466 e. The summed E-state index contributed by atoms with van der Waals surface area (Å²) in [7, 11) is 0. The minimum atomic E-state index is -0.507. The zero-order valence-corrected chi connectivity index (χ0v) is 26.6. The third kappa shape index (κ3) is 18.1. The molecule has 0 saturated carbocycles. The van der Waals surface area contributed by atoms with Gasteiger partial charge in [-0.2, -0.15) is 0 Å². The Kier molecular flexibility index (Phi) is 21.1. The average Bonchev–Trinajstić information content (AvgIpc) is 3.31. The highest BCUT2D eigenvalue weighted by atomic mass is 16.6. The molecule has 238 valence electrons. The van der Waals surface area contributed by atoms with Gasteiger partial charge in [-0.1, -0.05) is 98.3 Å². The number of carbonyl (C=O) groups is 4. The van der Waals surface area contributed by atoms with Crippen LogP contribution >= 0.6 is 0 Å². The molecule has 0 aromatic heterocycles. The van der Waals surface area contributed by atoms with E-state index in [2.05, 4.69) is 20.8 Å². The summed E-state index contributed by atoms with van der Waals surface area (Å²) in [6.45, 7) is 9.70. The van der Waals surface area contributed by atoms with Gasteiger partial charge in [0.05, 0.1) is 32.6 Å². The molecule has 1 rings (SSSR count). The highest BCUT2D eigenvalue weighted by molar-refractivity contribution is 5.77. The number of hydrogen-bond acceptors (Lipinski definition) is 7. The van der Waals surface area contributed by atoms with E-state index in [4.69, 9.17) is 14.2 Å². The SMILES string of the molecule is CCCCCCCCOC(=O)CC(COC(=O)CCCCCCCC)CC(=O)OC1CN(C(=O)CCCC)CC1C. The maximum absolute atomic E-state index is 12.9. The smallest absolute Gasteiger partial charge is 0.306 e. The van der Waals surface area contributed by atoms with Crippen LogP contribution in [-0.2, 0) is 33.4 Å². The number of nitrogens with zero attached hydrogens (tertiary/aromatic N) is 1. The molecule has 1 aliphatic rings. The fraction of sp³-hybridized carbons (Fsp3) is 0.879. The normalized spacial score (nSPS) is 17.3. The molecule has 1 fully saturated rings. The highest BCUT2D eigenvalue weighted by Gasteiger charge is 2.35. The Balaban J connectivity index is 2.56. The van der Waals surface area contributed by atoms with Gasteiger partial charge in [0.15, 0.2) is 0 Å². The van der Waals surface area contributed by atoms with Crippen molar-refractivity contribution >= 4 is 23.8 Å². The van der Waals surface area contributed by atoms with Gasteiger partial charge < -0.3 is 19.1 Å². The first-order chi connectivity index (χ1) is 19.8. The van der Waals surface area contributed by atoms with Crippen molar-refractivity contribution in [2.75, 3.05) is 26.3 Å². The predicted molar refractivity (Wildman–Crippen MR) is 161 cm³/mol. The van der Waals surface area contributed by atoms with Crippen LogP contribution in [0.2, 0.25) is 0 Å². The van der Waals surface area contributed by atoms with E-state index >= 15 is 0 Å². The van der Waals surface area contributed by atoms with Crippen molar-refractivity contribution < 1.29 is 33.4 Å². The molecule has 0 aromatic carbocycles. The number of amides is 1. The van der Waals surface area contributed by atoms with Gasteiger partial charge in [-0.3, -0.25) is 19.2 Å². The van der Waals surface area contributed by atoms with Crippen LogP contribution in [0.5, 0.6) is 0 Å². The predicted octanol–water partition coefficient (Wildman–Crippen LogP) is 7.16. The maximum atomic E-state index is 12.9. The third-order valence-corrected chi connectivity index (χ3v) is 7.81. The Bertz CT molecular complexity index is 741. The van der Waals surface area contributed by atoms with Gasteiger partial charge in [-0.15, -0.1) is 0 Å². The molecule has 1 amide bonds. The van der Waals surface area contributed by atoms with Crippen molar-refractivity contribution in [1.82, 2.24) is 4.90 Å². The summed E-state index contributed by atoms with van der Waals surface area (Å²) in [4.78, 5) is 52.0. The fourth-order valence-corrected chi connectivity index (χ4v) is 5.12. The van der Waals surface area contributed by atoms with Gasteiger partial charge in [0.1, 0.15) is 6.10 Å². The average molecular weight is 582 g/mol.